The van der Waals surface area contributed by atoms with Crippen molar-refractivity contribution < 1.29 is 38.4 Å². The van der Waals surface area contributed by atoms with Crippen LogP contribution in [-0.4, -0.2) is 55.3 Å². The van der Waals surface area contributed by atoms with Crippen LogP contribution >= 0.6 is 11.3 Å². The first-order chi connectivity index (χ1) is 21.9. The van der Waals surface area contributed by atoms with Crippen LogP contribution in [0.15, 0.2) is 60.2 Å². The Balaban J connectivity index is 1.47. The fourth-order valence-electron chi connectivity index (χ4n) is 5.45. The molecule has 0 spiro atoms. The molecule has 0 saturated carbocycles. The number of carbonyl (C=O) groups excluding carboxylic acids is 2. The van der Waals surface area contributed by atoms with Gasteiger partial charge in [-0.25, -0.2) is 4.98 Å². The molecule has 10 nitrogen and oxygen atoms in total. The maximum Gasteiger partial charge on any atom is 0.301 e. The van der Waals surface area contributed by atoms with Gasteiger partial charge in [0.2, 0.25) is 0 Å². The number of fused-ring (bicyclic) bond motifs is 2. The third-order valence-corrected chi connectivity index (χ3v) is 8.65. The lowest BCUT2D eigenvalue weighted by Gasteiger charge is -2.24. The van der Waals surface area contributed by atoms with Crippen molar-refractivity contribution in [1.29, 1.82) is 0 Å². The molecule has 3 heterocycles. The van der Waals surface area contributed by atoms with E-state index in [0.29, 0.717) is 77.0 Å². The van der Waals surface area contributed by atoms with E-state index >= 15 is 0 Å². The van der Waals surface area contributed by atoms with Gasteiger partial charge >= 0.3 is 5.91 Å². The Hall–Kier alpha value is -4.77. The Bertz CT molecular complexity index is 1780. The molecule has 0 unspecified atom stereocenters. The number of nitrogens with zero attached hydrogens (tertiary/aromatic N) is 2. The van der Waals surface area contributed by atoms with Gasteiger partial charge in [-0.05, 0) is 67.4 Å². The summed E-state index contributed by atoms with van der Waals surface area (Å²) in [4.78, 5) is 33.7. The van der Waals surface area contributed by atoms with Gasteiger partial charge in [0.15, 0.2) is 28.1 Å². The first kappa shape index (κ1) is 30.3. The number of aromatic nitrogens is 1. The molecular weight excluding hydrogens is 596 g/mol. The molecule has 45 heavy (non-hydrogen) atoms. The Morgan fingerprint density at radius 1 is 0.978 bits per heavy atom. The molecule has 0 aliphatic carbocycles. The molecule has 0 radical (unpaired) electrons. The molecule has 1 fully saturated rings. The number of carbonyl (C=O) groups is 2. The maximum atomic E-state index is 13.8. The molecule has 1 aromatic heterocycles. The van der Waals surface area contributed by atoms with E-state index in [1.807, 2.05) is 25.1 Å². The number of methoxy groups -OCH3 is 1. The quantitative estimate of drug-likeness (QED) is 0.0839. The highest BCUT2D eigenvalue weighted by molar-refractivity contribution is 7.22. The lowest BCUT2D eigenvalue weighted by Crippen LogP contribution is -2.29. The molecule has 1 N–H and O–H groups in total. The second kappa shape index (κ2) is 13.1. The highest BCUT2D eigenvalue weighted by atomic mass is 32.1. The minimum absolute atomic E-state index is 0.0791. The Labute approximate surface area is 264 Å². The summed E-state index contributed by atoms with van der Waals surface area (Å²) in [6, 6.07) is 14.7. The average molecular weight is 631 g/mol. The maximum absolute atomic E-state index is 13.8. The molecule has 4 aromatic rings. The van der Waals surface area contributed by atoms with Crippen molar-refractivity contribution in [1.82, 2.24) is 4.98 Å². The summed E-state index contributed by atoms with van der Waals surface area (Å²) in [5.74, 6) is 0.674. The molecule has 6 rings (SSSR count). The molecule has 3 aromatic carbocycles. The molecule has 1 saturated heterocycles. The van der Waals surface area contributed by atoms with Crippen molar-refractivity contribution in [2.24, 2.45) is 0 Å². The molecule has 1 amide bonds. The Kier molecular flexibility index (Phi) is 8.79. The van der Waals surface area contributed by atoms with Crippen molar-refractivity contribution in [2.45, 2.75) is 39.2 Å². The number of amides is 1. The zero-order valence-electron chi connectivity index (χ0n) is 25.3. The summed E-state index contributed by atoms with van der Waals surface area (Å²) in [6.07, 6.45) is 3.02. The van der Waals surface area contributed by atoms with E-state index in [1.165, 1.54) is 23.3 Å². The predicted molar refractivity (Wildman–Crippen MR) is 171 cm³/mol. The van der Waals surface area contributed by atoms with Gasteiger partial charge in [-0.15, -0.1) is 0 Å². The minimum Gasteiger partial charge on any atom is -0.507 e. The van der Waals surface area contributed by atoms with Crippen LogP contribution in [0.3, 0.4) is 0 Å². The summed E-state index contributed by atoms with van der Waals surface area (Å²) >= 11 is 1.26. The zero-order chi connectivity index (χ0) is 31.5. The van der Waals surface area contributed by atoms with Gasteiger partial charge in [0, 0.05) is 5.56 Å². The topological polar surface area (TPSA) is 117 Å². The fourth-order valence-corrected chi connectivity index (χ4v) is 6.47. The van der Waals surface area contributed by atoms with Crippen LogP contribution in [0.25, 0.3) is 16.0 Å². The number of hydrogen-bond donors (Lipinski definition) is 1. The van der Waals surface area contributed by atoms with E-state index < -0.39 is 17.7 Å². The summed E-state index contributed by atoms with van der Waals surface area (Å²) < 4.78 is 29.4. The number of unbranched alkanes of at least 4 members (excludes halogenated alkanes) is 2. The van der Waals surface area contributed by atoms with Crippen molar-refractivity contribution >= 4 is 44.1 Å². The number of benzene rings is 3. The Morgan fingerprint density at radius 3 is 2.58 bits per heavy atom. The first-order valence-corrected chi connectivity index (χ1v) is 15.8. The highest BCUT2D eigenvalue weighted by Gasteiger charge is 2.48. The predicted octanol–water partition coefficient (Wildman–Crippen LogP) is 6.67. The number of hydrogen-bond acceptors (Lipinski definition) is 10. The van der Waals surface area contributed by atoms with E-state index in [1.54, 1.807) is 36.4 Å². The number of thiazole rings is 1. The molecule has 2 aliphatic rings. The number of anilines is 1. The van der Waals surface area contributed by atoms with Crippen LogP contribution in [-0.2, 0) is 9.59 Å². The van der Waals surface area contributed by atoms with E-state index in [4.69, 9.17) is 28.7 Å². The van der Waals surface area contributed by atoms with Gasteiger partial charge < -0.3 is 28.8 Å². The number of ketones is 1. The molecule has 234 valence electrons. The lowest BCUT2D eigenvalue weighted by atomic mass is 9.95. The minimum atomic E-state index is -1.01. The van der Waals surface area contributed by atoms with E-state index in [-0.39, 0.29) is 11.3 Å². The third kappa shape index (κ3) is 5.87. The smallest absolute Gasteiger partial charge is 0.301 e. The molecule has 11 heteroatoms. The number of Topliss-reactive ketones (excluding diaryl/α,β-unsaturated/α-hetero) is 1. The molecular formula is C34H34N2O8S. The van der Waals surface area contributed by atoms with Gasteiger partial charge in [-0.2, -0.15) is 0 Å². The standard InChI is InChI=1S/C34H34N2O8S/c1-4-6-7-14-42-24-12-8-20(17-26(24)40-3)30-29(31(37)21-9-13-25-27(18-21)44-16-15-43-25)32(38)33(39)36(30)34-35-23-11-10-22(41-5-2)19-28(23)45-34/h8-13,17-19,30,37H,4-7,14-16H2,1-3H3/t30-/m1/s1. The molecule has 2 aliphatic heterocycles. The lowest BCUT2D eigenvalue weighted by molar-refractivity contribution is -0.132. The number of rotatable bonds is 11. The van der Waals surface area contributed by atoms with E-state index in [9.17, 15) is 14.7 Å². The average Bonchev–Trinajstić information content (AvgIpc) is 3.60. The normalized spacial score (nSPS) is 17.1. The van der Waals surface area contributed by atoms with Crippen LogP contribution in [0.1, 0.15) is 50.3 Å². The van der Waals surface area contributed by atoms with Gasteiger partial charge in [0.05, 0.1) is 42.2 Å². The van der Waals surface area contributed by atoms with Gasteiger partial charge in [0.1, 0.15) is 24.7 Å². The summed E-state index contributed by atoms with van der Waals surface area (Å²) in [6.45, 7) is 5.83. The largest absolute Gasteiger partial charge is 0.507 e. The van der Waals surface area contributed by atoms with Gasteiger partial charge in [-0.1, -0.05) is 37.2 Å². The molecule has 0 bridgehead atoms. The fraction of sp³-hybridized carbons (Fsp3) is 0.324. The Morgan fingerprint density at radius 2 is 1.80 bits per heavy atom. The summed E-state index contributed by atoms with van der Waals surface area (Å²) in [5, 5.41) is 12.0. The second-order valence-corrected chi connectivity index (χ2v) is 11.6. The van der Waals surface area contributed by atoms with Crippen molar-refractivity contribution in [3.05, 3.63) is 71.3 Å². The zero-order valence-corrected chi connectivity index (χ0v) is 26.1. The van der Waals surface area contributed by atoms with Crippen LogP contribution in [0.4, 0.5) is 5.13 Å². The molecule has 1 atom stereocenters. The van der Waals surface area contributed by atoms with Crippen LogP contribution in [0.5, 0.6) is 28.7 Å². The third-order valence-electron chi connectivity index (χ3n) is 7.63. The van der Waals surface area contributed by atoms with Crippen molar-refractivity contribution in [3.8, 4) is 28.7 Å². The van der Waals surface area contributed by atoms with E-state index in [0.717, 1.165) is 24.0 Å². The SMILES string of the molecule is CCCCCOc1ccc([C@@H]2C(=C(O)c3ccc4c(c3)OCCO4)C(=O)C(=O)N2c2nc3ccc(OCC)cc3s2)cc1OC. The van der Waals surface area contributed by atoms with Crippen LogP contribution in [0, 0.1) is 0 Å². The number of ether oxygens (including phenoxy) is 5. The van der Waals surface area contributed by atoms with Crippen LogP contribution < -0.4 is 28.6 Å². The van der Waals surface area contributed by atoms with E-state index in [2.05, 4.69) is 6.92 Å². The van der Waals surface area contributed by atoms with Gasteiger partial charge in [0.25, 0.3) is 5.78 Å². The van der Waals surface area contributed by atoms with Crippen molar-refractivity contribution in [3.63, 3.8) is 0 Å². The summed E-state index contributed by atoms with van der Waals surface area (Å²) in [5.41, 5.74) is 1.43. The highest BCUT2D eigenvalue weighted by Crippen LogP contribution is 2.46. The number of aliphatic hydroxyl groups is 1. The monoisotopic (exact) mass is 630 g/mol. The second-order valence-electron chi connectivity index (χ2n) is 10.6. The number of aliphatic hydroxyl groups excluding tert-OH is 1. The first-order valence-electron chi connectivity index (χ1n) is 15.0. The summed E-state index contributed by atoms with van der Waals surface area (Å²) in [7, 11) is 1.54. The van der Waals surface area contributed by atoms with Crippen molar-refractivity contribution in [2.75, 3.05) is 38.4 Å². The van der Waals surface area contributed by atoms with Crippen LogP contribution in [0.2, 0.25) is 0 Å². The van der Waals surface area contributed by atoms with Gasteiger partial charge in [-0.3, -0.25) is 14.5 Å².